The Balaban J connectivity index is 2.30. The van der Waals surface area contributed by atoms with Crippen molar-refractivity contribution in [1.82, 2.24) is 0 Å². The summed E-state index contributed by atoms with van der Waals surface area (Å²) in [6.07, 6.45) is 6.60. The summed E-state index contributed by atoms with van der Waals surface area (Å²) in [4.78, 5) is 1.36. The molecule has 1 heterocycles. The number of allylic oxidation sites excluding steroid dienone is 3. The minimum Gasteiger partial charge on any atom is -0.198 e. The first kappa shape index (κ1) is 7.00. The van der Waals surface area contributed by atoms with Crippen LogP contribution in [0.15, 0.2) is 22.6 Å². The van der Waals surface area contributed by atoms with Crippen molar-refractivity contribution in [2.24, 2.45) is 5.92 Å². The molecule has 56 valence electrons. The molecule has 11 heavy (non-hydrogen) atoms. The molecular weight excluding hydrogens is 154 g/mol. The maximum atomic E-state index is 8.78. The van der Waals surface area contributed by atoms with Crippen molar-refractivity contribution in [3.63, 3.8) is 0 Å². The zero-order valence-corrected chi connectivity index (χ0v) is 7.03. The van der Waals surface area contributed by atoms with Crippen LogP contribution < -0.4 is 0 Å². The van der Waals surface area contributed by atoms with Crippen LogP contribution in [-0.2, 0) is 0 Å². The SMILES string of the molecule is N#CC1CSC2=C1CCC=C2. The summed E-state index contributed by atoms with van der Waals surface area (Å²) in [6, 6.07) is 2.35. The largest absolute Gasteiger partial charge is 0.198 e. The van der Waals surface area contributed by atoms with Gasteiger partial charge in [0.25, 0.3) is 0 Å². The van der Waals surface area contributed by atoms with Crippen LogP contribution in [0.3, 0.4) is 0 Å². The highest BCUT2D eigenvalue weighted by Crippen LogP contribution is 2.40. The van der Waals surface area contributed by atoms with Crippen molar-refractivity contribution in [1.29, 1.82) is 5.26 Å². The lowest BCUT2D eigenvalue weighted by Crippen LogP contribution is -2.00. The van der Waals surface area contributed by atoms with Gasteiger partial charge in [-0.25, -0.2) is 0 Å². The van der Waals surface area contributed by atoms with Crippen LogP contribution in [0.4, 0.5) is 0 Å². The second kappa shape index (κ2) is 2.75. The minimum absolute atomic E-state index is 0.208. The first-order chi connectivity index (χ1) is 5.42. The second-order valence-corrected chi connectivity index (χ2v) is 3.89. The van der Waals surface area contributed by atoms with Crippen LogP contribution >= 0.6 is 11.8 Å². The van der Waals surface area contributed by atoms with E-state index in [2.05, 4.69) is 18.2 Å². The summed E-state index contributed by atoms with van der Waals surface area (Å²) < 4.78 is 0. The van der Waals surface area contributed by atoms with Gasteiger partial charge in [0.1, 0.15) is 0 Å². The van der Waals surface area contributed by atoms with E-state index in [0.29, 0.717) is 0 Å². The van der Waals surface area contributed by atoms with E-state index in [4.69, 9.17) is 5.26 Å². The van der Waals surface area contributed by atoms with Crippen molar-refractivity contribution in [2.45, 2.75) is 12.8 Å². The molecule has 0 spiro atoms. The number of nitrogens with zero attached hydrogens (tertiary/aromatic N) is 1. The molecule has 2 heteroatoms. The first-order valence-electron chi connectivity index (χ1n) is 3.84. The third-order valence-electron chi connectivity index (χ3n) is 2.15. The van der Waals surface area contributed by atoms with Gasteiger partial charge in [0.2, 0.25) is 0 Å². The molecule has 1 aliphatic carbocycles. The van der Waals surface area contributed by atoms with Gasteiger partial charge in [0, 0.05) is 10.7 Å². The Labute approximate surface area is 70.8 Å². The van der Waals surface area contributed by atoms with E-state index in [9.17, 15) is 0 Å². The Morgan fingerprint density at radius 1 is 1.64 bits per heavy atom. The number of hydrogen-bond donors (Lipinski definition) is 0. The normalized spacial score (nSPS) is 28.5. The predicted octanol–water partition coefficient (Wildman–Crippen LogP) is 2.48. The van der Waals surface area contributed by atoms with E-state index < -0.39 is 0 Å². The standard InChI is InChI=1S/C9H9NS/c10-5-7-6-11-9-4-2-1-3-8(7)9/h2,4,7H,1,3,6H2. The molecular formula is C9H9NS. The molecule has 0 radical (unpaired) electrons. The third-order valence-corrected chi connectivity index (χ3v) is 3.36. The molecule has 1 aliphatic heterocycles. The van der Waals surface area contributed by atoms with Gasteiger partial charge in [-0.15, -0.1) is 11.8 Å². The highest BCUT2D eigenvalue weighted by molar-refractivity contribution is 8.03. The lowest BCUT2D eigenvalue weighted by Gasteiger charge is -2.08. The van der Waals surface area contributed by atoms with Gasteiger partial charge < -0.3 is 0 Å². The Morgan fingerprint density at radius 3 is 3.36 bits per heavy atom. The molecule has 1 nitrogen and oxygen atoms in total. The molecule has 0 fully saturated rings. The molecule has 1 unspecified atom stereocenters. The number of hydrogen-bond acceptors (Lipinski definition) is 2. The Bertz CT molecular complexity index is 270. The molecule has 1 atom stereocenters. The van der Waals surface area contributed by atoms with Crippen LogP contribution in [0.2, 0.25) is 0 Å². The van der Waals surface area contributed by atoms with Crippen LogP contribution in [0.5, 0.6) is 0 Å². The predicted molar refractivity (Wildman–Crippen MR) is 47.0 cm³/mol. The number of nitriles is 1. The molecule has 0 aromatic carbocycles. The van der Waals surface area contributed by atoms with Crippen molar-refractivity contribution >= 4 is 11.8 Å². The van der Waals surface area contributed by atoms with Gasteiger partial charge in [-0.05, 0) is 18.4 Å². The van der Waals surface area contributed by atoms with Crippen molar-refractivity contribution in [3.05, 3.63) is 22.6 Å². The summed E-state index contributed by atoms with van der Waals surface area (Å²) in [5, 5.41) is 8.78. The summed E-state index contributed by atoms with van der Waals surface area (Å²) in [5.74, 6) is 1.19. The summed E-state index contributed by atoms with van der Waals surface area (Å²) in [6.45, 7) is 0. The highest BCUT2D eigenvalue weighted by Gasteiger charge is 2.25. The lowest BCUT2D eigenvalue weighted by atomic mass is 9.95. The van der Waals surface area contributed by atoms with Crippen molar-refractivity contribution < 1.29 is 0 Å². The molecule has 0 saturated carbocycles. The van der Waals surface area contributed by atoms with Crippen LogP contribution in [-0.4, -0.2) is 5.75 Å². The molecule has 0 amide bonds. The van der Waals surface area contributed by atoms with Crippen LogP contribution in [0.25, 0.3) is 0 Å². The first-order valence-corrected chi connectivity index (χ1v) is 4.82. The maximum absolute atomic E-state index is 8.78. The van der Waals surface area contributed by atoms with Gasteiger partial charge >= 0.3 is 0 Å². The van der Waals surface area contributed by atoms with Gasteiger partial charge in [0.15, 0.2) is 0 Å². The maximum Gasteiger partial charge on any atom is 0.0780 e. The van der Waals surface area contributed by atoms with E-state index in [0.717, 1.165) is 18.6 Å². The molecule has 0 bridgehead atoms. The van der Waals surface area contributed by atoms with Crippen LogP contribution in [0, 0.1) is 17.2 Å². The van der Waals surface area contributed by atoms with Crippen LogP contribution in [0.1, 0.15) is 12.8 Å². The average Bonchev–Trinajstić information content (AvgIpc) is 2.47. The zero-order chi connectivity index (χ0) is 7.68. The molecule has 2 rings (SSSR count). The van der Waals surface area contributed by atoms with E-state index in [1.807, 2.05) is 11.8 Å². The van der Waals surface area contributed by atoms with Gasteiger partial charge in [-0.1, -0.05) is 12.2 Å². The van der Waals surface area contributed by atoms with E-state index >= 15 is 0 Å². The summed E-state index contributed by atoms with van der Waals surface area (Å²) >= 11 is 1.83. The smallest absolute Gasteiger partial charge is 0.0780 e. The van der Waals surface area contributed by atoms with Crippen molar-refractivity contribution in [2.75, 3.05) is 5.75 Å². The van der Waals surface area contributed by atoms with Gasteiger partial charge in [-0.3, -0.25) is 0 Å². The number of thioether (sulfide) groups is 1. The number of rotatable bonds is 0. The molecule has 0 N–H and O–H groups in total. The summed E-state index contributed by atoms with van der Waals surface area (Å²) in [7, 11) is 0. The quantitative estimate of drug-likeness (QED) is 0.547. The zero-order valence-electron chi connectivity index (χ0n) is 6.21. The fourth-order valence-electron chi connectivity index (χ4n) is 1.54. The molecule has 2 aliphatic rings. The highest BCUT2D eigenvalue weighted by atomic mass is 32.2. The van der Waals surface area contributed by atoms with Crippen molar-refractivity contribution in [3.8, 4) is 6.07 Å². The monoisotopic (exact) mass is 163 g/mol. The van der Waals surface area contributed by atoms with Gasteiger partial charge in [0.05, 0.1) is 12.0 Å². The second-order valence-electron chi connectivity index (χ2n) is 2.82. The Kier molecular flexibility index (Phi) is 1.75. The van der Waals surface area contributed by atoms with E-state index in [1.165, 1.54) is 10.5 Å². The molecule has 0 saturated heterocycles. The molecule has 0 aromatic rings. The minimum atomic E-state index is 0.208. The fraction of sp³-hybridized carbons (Fsp3) is 0.444. The Hall–Kier alpha value is -0.680. The summed E-state index contributed by atoms with van der Waals surface area (Å²) in [5.41, 5.74) is 1.39. The van der Waals surface area contributed by atoms with Gasteiger partial charge in [-0.2, -0.15) is 5.26 Å². The Morgan fingerprint density at radius 2 is 2.55 bits per heavy atom. The lowest BCUT2D eigenvalue weighted by molar-refractivity contribution is 0.806. The molecule has 0 aromatic heterocycles. The van der Waals surface area contributed by atoms with E-state index in [1.54, 1.807) is 0 Å². The third kappa shape index (κ3) is 1.10. The average molecular weight is 163 g/mol. The van der Waals surface area contributed by atoms with E-state index in [-0.39, 0.29) is 5.92 Å². The topological polar surface area (TPSA) is 23.8 Å². The fourth-order valence-corrected chi connectivity index (χ4v) is 2.78.